The lowest BCUT2D eigenvalue weighted by atomic mass is 10.1. The predicted octanol–water partition coefficient (Wildman–Crippen LogP) is 3.20. The number of esters is 1. The van der Waals surface area contributed by atoms with Gasteiger partial charge in [-0.3, -0.25) is 0 Å². The lowest BCUT2D eigenvalue weighted by Gasteiger charge is -2.10. The highest BCUT2D eigenvalue weighted by Gasteiger charge is 2.20. The van der Waals surface area contributed by atoms with Gasteiger partial charge in [0.05, 0.1) is 0 Å². The van der Waals surface area contributed by atoms with Crippen molar-refractivity contribution in [2.75, 3.05) is 5.75 Å². The molecule has 1 aromatic heterocycles. The van der Waals surface area contributed by atoms with Gasteiger partial charge in [0.1, 0.15) is 11.8 Å². The highest BCUT2D eigenvalue weighted by atomic mass is 32.2. The number of hydrogen-bond donors (Lipinski definition) is 1. The van der Waals surface area contributed by atoms with Gasteiger partial charge in [0.25, 0.3) is 0 Å². The molecule has 0 fully saturated rings. The number of carbonyl (C=O) groups excluding carboxylic acids is 2. The number of thioether (sulfide) groups is 1. The van der Waals surface area contributed by atoms with Gasteiger partial charge in [-0.25, -0.2) is 14.4 Å². The Labute approximate surface area is 169 Å². The summed E-state index contributed by atoms with van der Waals surface area (Å²) in [5.41, 5.74) is 6.36. The van der Waals surface area contributed by atoms with Gasteiger partial charge >= 0.3 is 17.1 Å². The van der Waals surface area contributed by atoms with Gasteiger partial charge in [0.2, 0.25) is 0 Å². The lowest BCUT2D eigenvalue weighted by molar-refractivity contribution is -0.135. The largest absolute Gasteiger partial charge is 0.519 e. The first-order chi connectivity index (χ1) is 14.0. The molecule has 0 aliphatic carbocycles. The van der Waals surface area contributed by atoms with Crippen molar-refractivity contribution in [2.24, 2.45) is 5.73 Å². The van der Waals surface area contributed by atoms with Crippen LogP contribution in [0.1, 0.15) is 5.76 Å². The fourth-order valence-electron chi connectivity index (χ4n) is 2.28. The Balaban J connectivity index is 1.49. The molecule has 0 saturated heterocycles. The first-order valence-electron chi connectivity index (χ1n) is 8.53. The molecule has 3 aromatic rings. The van der Waals surface area contributed by atoms with Crippen LogP contribution in [-0.4, -0.2) is 23.1 Å². The number of benzene rings is 2. The Morgan fingerprint density at radius 3 is 2.34 bits per heavy atom. The molecule has 150 valence electrons. The standard InChI is InChI=1S/C20H17NO7S/c21-15(18(22)26-14-9-5-2-6-10-14)12-29-20(24)25-11-16-17(28-19(23)27-16)13-7-3-1-4-8-13/h1-10,15H,11-12,21H2/t15-/m0/s1. The van der Waals surface area contributed by atoms with Gasteiger partial charge in [0.15, 0.2) is 18.1 Å². The first-order valence-corrected chi connectivity index (χ1v) is 9.51. The van der Waals surface area contributed by atoms with E-state index < -0.39 is 23.1 Å². The summed E-state index contributed by atoms with van der Waals surface area (Å²) < 4.78 is 20.1. The Kier molecular flexibility index (Phi) is 6.88. The van der Waals surface area contributed by atoms with E-state index >= 15 is 0 Å². The van der Waals surface area contributed by atoms with Crippen LogP contribution < -0.4 is 16.3 Å². The second-order valence-electron chi connectivity index (χ2n) is 5.76. The first kappa shape index (κ1) is 20.4. The molecule has 0 spiro atoms. The summed E-state index contributed by atoms with van der Waals surface area (Å²) in [5, 5.41) is -0.684. The minimum Gasteiger partial charge on any atom is -0.449 e. The molecule has 0 aliphatic rings. The maximum absolute atomic E-state index is 11.9. The highest BCUT2D eigenvalue weighted by Crippen LogP contribution is 2.24. The number of hydrogen-bond acceptors (Lipinski definition) is 9. The molecule has 3 rings (SSSR count). The third-order valence-corrected chi connectivity index (χ3v) is 4.53. The molecule has 8 nitrogen and oxygen atoms in total. The second-order valence-corrected chi connectivity index (χ2v) is 6.72. The van der Waals surface area contributed by atoms with E-state index in [2.05, 4.69) is 0 Å². The zero-order valence-corrected chi connectivity index (χ0v) is 15.9. The Hall–Kier alpha value is -3.30. The van der Waals surface area contributed by atoms with Crippen molar-refractivity contribution in [3.8, 4) is 17.1 Å². The number of ether oxygens (including phenoxy) is 2. The molecule has 0 aliphatic heterocycles. The monoisotopic (exact) mass is 415 g/mol. The summed E-state index contributed by atoms with van der Waals surface area (Å²) in [6.07, 6.45) is 0. The molecule has 0 amide bonds. The molecule has 1 heterocycles. The molecule has 2 aromatic carbocycles. The summed E-state index contributed by atoms with van der Waals surface area (Å²) in [6.45, 7) is -0.300. The normalized spacial score (nSPS) is 11.6. The van der Waals surface area contributed by atoms with Crippen molar-refractivity contribution in [3.63, 3.8) is 0 Å². The molecule has 9 heteroatoms. The van der Waals surface area contributed by atoms with Crippen LogP contribution in [0.15, 0.2) is 74.3 Å². The number of nitrogens with two attached hydrogens (primary N) is 1. The van der Waals surface area contributed by atoms with Crippen LogP contribution in [0.2, 0.25) is 0 Å². The van der Waals surface area contributed by atoms with Crippen molar-refractivity contribution in [1.29, 1.82) is 0 Å². The van der Waals surface area contributed by atoms with Crippen LogP contribution in [0.5, 0.6) is 5.75 Å². The van der Waals surface area contributed by atoms with Gasteiger partial charge in [-0.05, 0) is 23.9 Å². The van der Waals surface area contributed by atoms with Gasteiger partial charge in [-0.15, -0.1) is 0 Å². The smallest absolute Gasteiger partial charge is 0.449 e. The van der Waals surface area contributed by atoms with E-state index in [4.69, 9.17) is 24.0 Å². The van der Waals surface area contributed by atoms with E-state index in [0.717, 1.165) is 0 Å². The molecular weight excluding hydrogens is 398 g/mol. The lowest BCUT2D eigenvalue weighted by Crippen LogP contribution is -2.36. The molecule has 29 heavy (non-hydrogen) atoms. The van der Waals surface area contributed by atoms with Crippen molar-refractivity contribution < 1.29 is 27.9 Å². The van der Waals surface area contributed by atoms with Crippen molar-refractivity contribution in [1.82, 2.24) is 0 Å². The van der Waals surface area contributed by atoms with Gasteiger partial charge in [-0.2, -0.15) is 0 Å². The molecule has 0 saturated carbocycles. The van der Waals surface area contributed by atoms with Crippen LogP contribution >= 0.6 is 11.8 Å². The maximum Gasteiger partial charge on any atom is 0.519 e. The molecule has 0 radical (unpaired) electrons. The fraction of sp³-hybridized carbons (Fsp3) is 0.150. The van der Waals surface area contributed by atoms with E-state index in [-0.39, 0.29) is 23.9 Å². The highest BCUT2D eigenvalue weighted by molar-refractivity contribution is 8.13. The average molecular weight is 415 g/mol. The Morgan fingerprint density at radius 1 is 1.00 bits per heavy atom. The van der Waals surface area contributed by atoms with Crippen molar-refractivity contribution in [2.45, 2.75) is 12.6 Å². The molecule has 0 unspecified atom stereocenters. The quantitative estimate of drug-likeness (QED) is 0.458. The summed E-state index contributed by atoms with van der Waals surface area (Å²) in [7, 11) is 0. The zero-order valence-electron chi connectivity index (χ0n) is 15.1. The van der Waals surface area contributed by atoms with Gasteiger partial charge < -0.3 is 24.0 Å². The fourth-order valence-corrected chi connectivity index (χ4v) is 2.88. The Bertz CT molecular complexity index is 1010. The second kappa shape index (κ2) is 9.76. The molecule has 0 bridgehead atoms. The van der Waals surface area contributed by atoms with Gasteiger partial charge in [0, 0.05) is 11.3 Å². The topological polar surface area (TPSA) is 122 Å². The maximum atomic E-state index is 11.9. The minimum absolute atomic E-state index is 0.0363. The zero-order chi connectivity index (χ0) is 20.6. The van der Waals surface area contributed by atoms with Crippen LogP contribution in [0.25, 0.3) is 11.3 Å². The van der Waals surface area contributed by atoms with Crippen LogP contribution in [0.4, 0.5) is 4.79 Å². The van der Waals surface area contributed by atoms with Gasteiger partial charge in [-0.1, -0.05) is 48.5 Å². The number of para-hydroxylation sites is 1. The third-order valence-electron chi connectivity index (χ3n) is 3.65. The van der Waals surface area contributed by atoms with E-state index in [9.17, 15) is 14.4 Å². The van der Waals surface area contributed by atoms with E-state index in [0.29, 0.717) is 23.1 Å². The number of carbonyl (C=O) groups is 2. The molecular formula is C20H17NO7S. The number of rotatable bonds is 7. The summed E-state index contributed by atoms with van der Waals surface area (Å²) in [4.78, 5) is 35.3. The van der Waals surface area contributed by atoms with Crippen molar-refractivity contribution >= 4 is 23.0 Å². The summed E-state index contributed by atoms with van der Waals surface area (Å²) >= 11 is 0.714. The third kappa shape index (κ3) is 5.84. The van der Waals surface area contributed by atoms with Crippen LogP contribution in [0.3, 0.4) is 0 Å². The predicted molar refractivity (Wildman–Crippen MR) is 105 cm³/mol. The average Bonchev–Trinajstić information content (AvgIpc) is 3.12. The summed E-state index contributed by atoms with van der Waals surface area (Å²) in [6, 6.07) is 16.3. The molecule has 2 N–H and O–H groups in total. The van der Waals surface area contributed by atoms with E-state index in [1.165, 1.54) is 0 Å². The minimum atomic E-state index is -1.01. The summed E-state index contributed by atoms with van der Waals surface area (Å²) in [5.74, 6) is -0.953. The van der Waals surface area contributed by atoms with Crippen LogP contribution in [0, 0.1) is 0 Å². The SMILES string of the molecule is N[C@@H](CSC(=O)OCc1oc(=O)oc1-c1ccccc1)C(=O)Oc1ccccc1. The molecule has 1 atom stereocenters. The van der Waals surface area contributed by atoms with Crippen molar-refractivity contribution in [3.05, 3.63) is 77.0 Å². The van der Waals surface area contributed by atoms with E-state index in [1.54, 1.807) is 54.6 Å². The van der Waals surface area contributed by atoms with Crippen LogP contribution in [-0.2, 0) is 16.1 Å². The van der Waals surface area contributed by atoms with E-state index in [1.807, 2.05) is 6.07 Å². The Morgan fingerprint density at radius 2 is 1.66 bits per heavy atom.